The minimum absolute atomic E-state index is 0.352. The Morgan fingerprint density at radius 1 is 1.21 bits per heavy atom. The lowest BCUT2D eigenvalue weighted by Gasteiger charge is -2.33. The second-order valence-corrected chi connectivity index (χ2v) is 6.64. The minimum Gasteiger partial charge on any atom is -0.447 e. The Morgan fingerprint density at radius 2 is 2.03 bits per heavy atom. The number of hydrogen-bond donors (Lipinski definition) is 0. The Balaban J connectivity index is 1.62. The summed E-state index contributed by atoms with van der Waals surface area (Å²) in [5.41, 5.74) is 2.87. The highest BCUT2D eigenvalue weighted by Gasteiger charge is 2.29. The average Bonchev–Trinajstić information content (AvgIpc) is 3.12. The van der Waals surface area contributed by atoms with Gasteiger partial charge in [-0.1, -0.05) is 12.1 Å². The Kier molecular flexibility index (Phi) is 4.91. The number of carbonyl (C=O) groups is 1. The number of alkyl halides is 2. The lowest BCUT2D eigenvalue weighted by atomic mass is 9.96. The topological polar surface area (TPSA) is 85.2 Å². The molecule has 1 saturated heterocycles. The van der Waals surface area contributed by atoms with Crippen LogP contribution >= 0.6 is 0 Å². The van der Waals surface area contributed by atoms with Crippen molar-refractivity contribution in [3.8, 4) is 5.75 Å². The molecule has 0 saturated carbocycles. The van der Waals surface area contributed by atoms with Crippen LogP contribution in [-0.2, 0) is 17.7 Å². The highest BCUT2D eigenvalue weighted by Crippen LogP contribution is 2.36. The maximum absolute atomic E-state index is 12.7. The molecule has 10 heteroatoms. The number of halogens is 2. The summed E-state index contributed by atoms with van der Waals surface area (Å²) in [6, 6.07) is 9.61. The van der Waals surface area contributed by atoms with Gasteiger partial charge in [0.25, 0.3) is 0 Å². The third-order valence-corrected chi connectivity index (χ3v) is 5.01. The summed E-state index contributed by atoms with van der Waals surface area (Å²) in [6.45, 7) is -1.29. The van der Waals surface area contributed by atoms with E-state index < -0.39 is 23.0 Å². The fourth-order valence-corrected chi connectivity index (χ4v) is 3.72. The highest BCUT2D eigenvalue weighted by molar-refractivity contribution is 5.90. The van der Waals surface area contributed by atoms with Gasteiger partial charge in [-0.15, -0.1) is 0 Å². The SMILES string of the molecule is O=C1OCCN1c1cccc2c1CCN(c1ccc([N+](=O)[O-])c(OC(F)F)c1)C2. The molecule has 2 aliphatic heterocycles. The van der Waals surface area contributed by atoms with Crippen molar-refractivity contribution in [3.63, 3.8) is 0 Å². The predicted octanol–water partition coefficient (Wildman–Crippen LogP) is 3.72. The number of rotatable bonds is 5. The minimum atomic E-state index is -3.16. The van der Waals surface area contributed by atoms with Gasteiger partial charge in [0.1, 0.15) is 6.61 Å². The maximum atomic E-state index is 12.7. The Hall–Kier alpha value is -3.43. The monoisotopic (exact) mass is 405 g/mol. The summed E-state index contributed by atoms with van der Waals surface area (Å²) < 4.78 is 34.7. The molecular weight excluding hydrogens is 388 g/mol. The highest BCUT2D eigenvalue weighted by atomic mass is 19.3. The van der Waals surface area contributed by atoms with Gasteiger partial charge in [-0.3, -0.25) is 15.0 Å². The zero-order chi connectivity index (χ0) is 20.5. The van der Waals surface area contributed by atoms with E-state index in [-0.39, 0.29) is 6.09 Å². The van der Waals surface area contributed by atoms with Crippen molar-refractivity contribution in [2.45, 2.75) is 19.6 Å². The van der Waals surface area contributed by atoms with Gasteiger partial charge in [0.15, 0.2) is 0 Å². The van der Waals surface area contributed by atoms with E-state index >= 15 is 0 Å². The Morgan fingerprint density at radius 3 is 2.72 bits per heavy atom. The number of hydrogen-bond acceptors (Lipinski definition) is 6. The molecule has 8 nitrogen and oxygen atoms in total. The molecule has 0 spiro atoms. The van der Waals surface area contributed by atoms with E-state index in [4.69, 9.17) is 4.74 Å². The lowest BCUT2D eigenvalue weighted by molar-refractivity contribution is -0.386. The zero-order valence-corrected chi connectivity index (χ0v) is 15.2. The van der Waals surface area contributed by atoms with Crippen molar-refractivity contribution in [1.29, 1.82) is 0 Å². The largest absolute Gasteiger partial charge is 0.447 e. The first-order valence-corrected chi connectivity index (χ1v) is 8.97. The van der Waals surface area contributed by atoms with Crippen LogP contribution < -0.4 is 14.5 Å². The van der Waals surface area contributed by atoms with E-state index in [9.17, 15) is 23.7 Å². The summed E-state index contributed by atoms with van der Waals surface area (Å²) in [5, 5.41) is 11.1. The number of nitro benzene ring substituents is 1. The molecule has 0 bridgehead atoms. The number of anilines is 2. The number of ether oxygens (including phenoxy) is 2. The number of fused-ring (bicyclic) bond motifs is 1. The van der Waals surface area contributed by atoms with Gasteiger partial charge in [-0.2, -0.15) is 8.78 Å². The van der Waals surface area contributed by atoms with E-state index in [1.54, 1.807) is 4.90 Å². The van der Waals surface area contributed by atoms with E-state index in [1.165, 1.54) is 18.2 Å². The van der Waals surface area contributed by atoms with Gasteiger partial charge >= 0.3 is 18.4 Å². The molecule has 0 aromatic heterocycles. The fourth-order valence-electron chi connectivity index (χ4n) is 3.72. The molecule has 2 heterocycles. The molecule has 1 fully saturated rings. The summed E-state index contributed by atoms with van der Waals surface area (Å²) in [6.07, 6.45) is 0.252. The molecule has 0 radical (unpaired) electrons. The zero-order valence-electron chi connectivity index (χ0n) is 15.2. The third kappa shape index (κ3) is 3.65. The number of amides is 1. The molecule has 1 amide bonds. The van der Waals surface area contributed by atoms with Crippen LogP contribution in [0.1, 0.15) is 11.1 Å². The van der Waals surface area contributed by atoms with E-state index in [0.29, 0.717) is 38.3 Å². The average molecular weight is 405 g/mol. The molecule has 29 heavy (non-hydrogen) atoms. The van der Waals surface area contributed by atoms with Crippen LogP contribution in [0.4, 0.5) is 30.6 Å². The molecule has 0 unspecified atom stereocenters. The first-order valence-electron chi connectivity index (χ1n) is 8.97. The molecule has 152 valence electrons. The number of cyclic esters (lactones) is 1. The third-order valence-electron chi connectivity index (χ3n) is 5.01. The molecule has 0 N–H and O–H groups in total. The van der Waals surface area contributed by atoms with E-state index in [1.807, 2.05) is 23.1 Å². The molecular formula is C19H17F2N3O5. The molecule has 2 aromatic rings. The summed E-state index contributed by atoms with van der Waals surface area (Å²) >= 11 is 0. The second-order valence-electron chi connectivity index (χ2n) is 6.64. The van der Waals surface area contributed by atoms with Gasteiger partial charge in [0.2, 0.25) is 5.75 Å². The van der Waals surface area contributed by atoms with Crippen molar-refractivity contribution in [2.24, 2.45) is 0 Å². The first kappa shape index (κ1) is 18.9. The van der Waals surface area contributed by atoms with Crippen LogP contribution in [0.15, 0.2) is 36.4 Å². The lowest BCUT2D eigenvalue weighted by Crippen LogP contribution is -2.33. The van der Waals surface area contributed by atoms with Crippen molar-refractivity contribution < 1.29 is 28.0 Å². The molecule has 4 rings (SSSR count). The molecule has 2 aromatic carbocycles. The second kappa shape index (κ2) is 7.53. The van der Waals surface area contributed by atoms with Gasteiger partial charge in [0.05, 0.1) is 17.2 Å². The van der Waals surface area contributed by atoms with Gasteiger partial charge < -0.3 is 14.4 Å². The number of benzene rings is 2. The summed E-state index contributed by atoms with van der Waals surface area (Å²) in [4.78, 5) is 25.8. The van der Waals surface area contributed by atoms with Crippen LogP contribution in [0.5, 0.6) is 5.75 Å². The van der Waals surface area contributed by atoms with Crippen LogP contribution in [0.25, 0.3) is 0 Å². The standard InChI is InChI=1S/C19H17F2N3O5/c20-18(21)29-17-10-13(4-5-16(17)24(26)27)22-7-6-14-12(11-22)2-1-3-15(14)23-8-9-28-19(23)25/h1-5,10,18H,6-9,11H2. The molecule has 0 atom stereocenters. The van der Waals surface area contributed by atoms with E-state index in [2.05, 4.69) is 4.74 Å². The summed E-state index contributed by atoms with van der Waals surface area (Å²) in [5.74, 6) is -0.471. The van der Waals surface area contributed by atoms with E-state index in [0.717, 1.165) is 16.8 Å². The molecule has 0 aliphatic carbocycles. The van der Waals surface area contributed by atoms with Gasteiger partial charge in [0, 0.05) is 30.9 Å². The normalized spacial score (nSPS) is 16.0. The number of nitro groups is 1. The van der Waals surface area contributed by atoms with Crippen molar-refractivity contribution >= 4 is 23.2 Å². The van der Waals surface area contributed by atoms with Crippen molar-refractivity contribution in [2.75, 3.05) is 29.5 Å². The van der Waals surface area contributed by atoms with Crippen LogP contribution in [0.3, 0.4) is 0 Å². The van der Waals surface area contributed by atoms with Crippen LogP contribution in [-0.4, -0.2) is 37.3 Å². The quantitative estimate of drug-likeness (QED) is 0.557. The maximum Gasteiger partial charge on any atom is 0.414 e. The summed E-state index contributed by atoms with van der Waals surface area (Å²) in [7, 11) is 0. The Bertz CT molecular complexity index is 969. The molecule has 2 aliphatic rings. The Labute approximate surface area is 164 Å². The van der Waals surface area contributed by atoms with Crippen LogP contribution in [0, 0.1) is 10.1 Å². The van der Waals surface area contributed by atoms with Gasteiger partial charge in [-0.25, -0.2) is 4.79 Å². The number of nitrogens with zero attached hydrogens (tertiary/aromatic N) is 3. The van der Waals surface area contributed by atoms with Gasteiger partial charge in [-0.05, 0) is 29.7 Å². The van der Waals surface area contributed by atoms with Crippen molar-refractivity contribution in [1.82, 2.24) is 0 Å². The number of carbonyl (C=O) groups excluding carboxylic acids is 1. The fraction of sp³-hybridized carbons (Fsp3) is 0.316. The van der Waals surface area contributed by atoms with Crippen molar-refractivity contribution in [3.05, 3.63) is 57.6 Å². The van der Waals surface area contributed by atoms with Crippen LogP contribution in [0.2, 0.25) is 0 Å². The first-order chi connectivity index (χ1) is 13.9. The smallest absolute Gasteiger partial charge is 0.414 e. The predicted molar refractivity (Wildman–Crippen MR) is 99.6 cm³/mol.